The first-order chi connectivity index (χ1) is 8.02. The molecule has 0 atom stereocenters. The van der Waals surface area contributed by atoms with Gasteiger partial charge in [-0.1, -0.05) is 6.07 Å². The van der Waals surface area contributed by atoms with Gasteiger partial charge in [0.15, 0.2) is 10.6 Å². The number of hydrogen-bond donors (Lipinski definition) is 3. The Kier molecular flexibility index (Phi) is 2.89. The number of benzene rings is 1. The van der Waals surface area contributed by atoms with Crippen LogP contribution in [-0.2, 0) is 0 Å². The molecule has 0 unspecified atom stereocenters. The minimum atomic E-state index is -0.0269. The number of aromatic hydroxyl groups is 2. The largest absolute Gasteiger partial charge is 0.507 e. The highest BCUT2D eigenvalue weighted by atomic mass is 32.1. The summed E-state index contributed by atoms with van der Waals surface area (Å²) < 4.78 is 2.20. The third kappa shape index (κ3) is 1.91. The Morgan fingerprint density at radius 3 is 2.41 bits per heavy atom. The van der Waals surface area contributed by atoms with Gasteiger partial charge < -0.3 is 10.2 Å². The molecule has 0 aliphatic heterocycles. The minimum absolute atomic E-state index is 0.0269. The molecule has 1 heterocycles. The van der Waals surface area contributed by atoms with Gasteiger partial charge in [-0.2, -0.15) is 5.10 Å². The van der Waals surface area contributed by atoms with Crippen LogP contribution in [0.4, 0.5) is 0 Å². The van der Waals surface area contributed by atoms with E-state index in [0.717, 1.165) is 0 Å². The molecule has 1 aromatic carbocycles. The Hall–Kier alpha value is -1.82. The van der Waals surface area contributed by atoms with Crippen LogP contribution in [0.3, 0.4) is 0 Å². The van der Waals surface area contributed by atoms with Gasteiger partial charge >= 0.3 is 0 Å². The molecule has 17 heavy (non-hydrogen) atoms. The van der Waals surface area contributed by atoms with Crippen LogP contribution in [0.25, 0.3) is 11.4 Å². The van der Waals surface area contributed by atoms with Crippen LogP contribution >= 0.6 is 12.2 Å². The fourth-order valence-electron chi connectivity index (χ4n) is 1.72. The fourth-order valence-corrected chi connectivity index (χ4v) is 2.06. The van der Waals surface area contributed by atoms with Gasteiger partial charge in [0.1, 0.15) is 17.1 Å². The molecule has 6 heteroatoms. The van der Waals surface area contributed by atoms with Gasteiger partial charge in [-0.3, -0.25) is 9.67 Å². The first-order valence-corrected chi connectivity index (χ1v) is 5.61. The van der Waals surface area contributed by atoms with Crippen LogP contribution < -0.4 is 0 Å². The van der Waals surface area contributed by atoms with E-state index in [1.54, 1.807) is 10.6 Å². The highest BCUT2D eigenvalue weighted by Crippen LogP contribution is 2.36. The summed E-state index contributed by atoms with van der Waals surface area (Å²) in [4.78, 5) is 0. The molecule has 0 saturated carbocycles. The third-order valence-corrected chi connectivity index (χ3v) is 2.75. The minimum Gasteiger partial charge on any atom is -0.507 e. The quantitative estimate of drug-likeness (QED) is 0.717. The van der Waals surface area contributed by atoms with E-state index in [0.29, 0.717) is 10.6 Å². The first-order valence-electron chi connectivity index (χ1n) is 5.20. The van der Waals surface area contributed by atoms with Crippen molar-refractivity contribution in [2.75, 3.05) is 0 Å². The lowest BCUT2D eigenvalue weighted by Gasteiger charge is -2.12. The normalized spacial score (nSPS) is 11.0. The summed E-state index contributed by atoms with van der Waals surface area (Å²) in [6.07, 6.45) is 0. The Labute approximate surface area is 103 Å². The zero-order chi connectivity index (χ0) is 12.6. The Morgan fingerprint density at radius 1 is 1.29 bits per heavy atom. The number of aromatic nitrogens is 3. The molecule has 0 fully saturated rings. The van der Waals surface area contributed by atoms with E-state index < -0.39 is 0 Å². The lowest BCUT2D eigenvalue weighted by molar-refractivity contribution is 0.452. The summed E-state index contributed by atoms with van der Waals surface area (Å²) in [6, 6.07) is 4.64. The number of nitrogens with zero attached hydrogens (tertiary/aromatic N) is 2. The van der Waals surface area contributed by atoms with E-state index >= 15 is 0 Å². The van der Waals surface area contributed by atoms with Crippen molar-refractivity contribution in [3.63, 3.8) is 0 Å². The van der Waals surface area contributed by atoms with Crippen LogP contribution in [0.1, 0.15) is 19.9 Å². The van der Waals surface area contributed by atoms with E-state index in [-0.39, 0.29) is 23.1 Å². The Morgan fingerprint density at radius 2 is 1.88 bits per heavy atom. The number of hydrogen-bond acceptors (Lipinski definition) is 4. The molecule has 2 rings (SSSR count). The van der Waals surface area contributed by atoms with Crippen molar-refractivity contribution in [1.82, 2.24) is 14.8 Å². The van der Waals surface area contributed by atoms with Gasteiger partial charge in [0.2, 0.25) is 0 Å². The van der Waals surface area contributed by atoms with Crippen molar-refractivity contribution in [3.8, 4) is 22.9 Å². The van der Waals surface area contributed by atoms with Crippen LogP contribution in [0, 0.1) is 4.77 Å². The zero-order valence-corrected chi connectivity index (χ0v) is 10.3. The molecule has 0 amide bonds. The van der Waals surface area contributed by atoms with Gasteiger partial charge in [-0.25, -0.2) is 0 Å². The van der Waals surface area contributed by atoms with Crippen LogP contribution in [0.15, 0.2) is 18.2 Å². The summed E-state index contributed by atoms with van der Waals surface area (Å²) in [5.74, 6) is 0.377. The van der Waals surface area contributed by atoms with E-state index in [2.05, 4.69) is 10.2 Å². The van der Waals surface area contributed by atoms with Crippen LogP contribution in [0.2, 0.25) is 0 Å². The smallest absolute Gasteiger partial charge is 0.195 e. The summed E-state index contributed by atoms with van der Waals surface area (Å²) in [5, 5.41) is 26.3. The summed E-state index contributed by atoms with van der Waals surface area (Å²) in [6.45, 7) is 3.90. The third-order valence-electron chi connectivity index (χ3n) is 2.46. The predicted octanol–water partition coefficient (Wildman–Crippen LogP) is 2.60. The van der Waals surface area contributed by atoms with Gasteiger partial charge in [0, 0.05) is 6.04 Å². The van der Waals surface area contributed by atoms with Gasteiger partial charge in [-0.15, -0.1) is 0 Å². The molecule has 1 aromatic heterocycles. The average Bonchev–Trinajstić information content (AvgIpc) is 2.60. The standard InChI is InChI=1S/C11H13N3O2S/c1-6(2)14-10(12-13-11(14)17)9-7(15)4-3-5-8(9)16/h3-6,15-16H,1-2H3,(H,13,17). The van der Waals surface area contributed by atoms with E-state index in [1.807, 2.05) is 13.8 Å². The van der Waals surface area contributed by atoms with E-state index in [1.165, 1.54) is 12.1 Å². The van der Waals surface area contributed by atoms with Crippen molar-refractivity contribution in [3.05, 3.63) is 23.0 Å². The monoisotopic (exact) mass is 251 g/mol. The van der Waals surface area contributed by atoms with E-state index in [9.17, 15) is 10.2 Å². The maximum atomic E-state index is 9.80. The first kappa shape index (κ1) is 11.7. The number of rotatable bonds is 2. The van der Waals surface area contributed by atoms with Crippen molar-refractivity contribution >= 4 is 12.2 Å². The van der Waals surface area contributed by atoms with E-state index in [4.69, 9.17) is 12.2 Å². The second kappa shape index (κ2) is 4.21. The highest BCUT2D eigenvalue weighted by molar-refractivity contribution is 7.71. The number of phenolic OH excluding ortho intramolecular Hbond substituents is 2. The molecule has 3 N–H and O–H groups in total. The molecular weight excluding hydrogens is 238 g/mol. The van der Waals surface area contributed by atoms with Crippen molar-refractivity contribution < 1.29 is 10.2 Å². The Balaban J connectivity index is 2.74. The molecule has 0 saturated heterocycles. The summed E-state index contributed by atoms with van der Waals surface area (Å²) in [5.41, 5.74) is 0.286. The second-order valence-corrected chi connectivity index (χ2v) is 4.37. The number of phenols is 2. The summed E-state index contributed by atoms with van der Waals surface area (Å²) in [7, 11) is 0. The van der Waals surface area contributed by atoms with Gasteiger partial charge in [0.05, 0.1) is 0 Å². The highest BCUT2D eigenvalue weighted by Gasteiger charge is 2.18. The lowest BCUT2D eigenvalue weighted by Crippen LogP contribution is -2.03. The molecule has 0 spiro atoms. The van der Waals surface area contributed by atoms with Crippen molar-refractivity contribution in [2.45, 2.75) is 19.9 Å². The SMILES string of the molecule is CC(C)n1c(-c2c(O)cccc2O)n[nH]c1=S. The molecular formula is C11H13N3O2S. The van der Waals surface area contributed by atoms with Crippen molar-refractivity contribution in [2.24, 2.45) is 0 Å². The molecule has 90 valence electrons. The molecule has 0 bridgehead atoms. The van der Waals surface area contributed by atoms with Crippen LogP contribution in [-0.4, -0.2) is 25.0 Å². The van der Waals surface area contributed by atoms with Crippen molar-refractivity contribution in [1.29, 1.82) is 0 Å². The van der Waals surface area contributed by atoms with Gasteiger partial charge in [-0.05, 0) is 38.2 Å². The zero-order valence-electron chi connectivity index (χ0n) is 9.51. The number of H-pyrrole nitrogens is 1. The topological polar surface area (TPSA) is 74.1 Å². The number of nitrogens with one attached hydrogen (secondary N) is 1. The summed E-state index contributed by atoms with van der Waals surface area (Å²) >= 11 is 5.12. The molecule has 5 nitrogen and oxygen atoms in total. The molecule has 2 aromatic rings. The molecule has 0 radical (unpaired) electrons. The Bertz CT molecular complexity index is 581. The number of aromatic amines is 1. The molecule has 0 aliphatic carbocycles. The maximum absolute atomic E-state index is 9.80. The lowest BCUT2D eigenvalue weighted by atomic mass is 10.1. The van der Waals surface area contributed by atoms with Crippen LogP contribution in [0.5, 0.6) is 11.5 Å². The second-order valence-electron chi connectivity index (χ2n) is 3.99. The maximum Gasteiger partial charge on any atom is 0.195 e. The molecule has 0 aliphatic rings. The van der Waals surface area contributed by atoms with Gasteiger partial charge in [0.25, 0.3) is 0 Å². The fraction of sp³-hybridized carbons (Fsp3) is 0.273. The predicted molar refractivity (Wildman–Crippen MR) is 66.6 cm³/mol. The average molecular weight is 251 g/mol.